The lowest BCUT2D eigenvalue weighted by Crippen LogP contribution is -2.22. The summed E-state index contributed by atoms with van der Waals surface area (Å²) in [7, 11) is 1.62. The molecule has 0 saturated carbocycles. The van der Waals surface area contributed by atoms with E-state index in [2.05, 4.69) is 22.1 Å². The lowest BCUT2D eigenvalue weighted by atomic mass is 10.1. The van der Waals surface area contributed by atoms with Crippen LogP contribution in [0.5, 0.6) is 0 Å². The van der Waals surface area contributed by atoms with Crippen LogP contribution in [-0.4, -0.2) is 40.2 Å². The number of aryl methyl sites for hydroxylation is 2. The number of hydrogen-bond donors (Lipinski definition) is 0. The van der Waals surface area contributed by atoms with E-state index in [1.807, 2.05) is 24.3 Å². The Morgan fingerprint density at radius 2 is 1.91 bits per heavy atom. The largest absolute Gasteiger partial charge is 0.338 e. The second-order valence-electron chi connectivity index (χ2n) is 5.49. The van der Waals surface area contributed by atoms with Crippen molar-refractivity contribution in [2.24, 2.45) is 0 Å². The van der Waals surface area contributed by atoms with E-state index >= 15 is 0 Å². The van der Waals surface area contributed by atoms with Gasteiger partial charge in [0.25, 0.3) is 5.91 Å². The summed E-state index contributed by atoms with van der Waals surface area (Å²) < 4.78 is 0. The zero-order valence-electron chi connectivity index (χ0n) is 12.4. The molecular weight excluding hydrogens is 278 g/mol. The molecule has 1 fully saturated rings. The molecule has 1 unspecified atom stereocenters. The van der Waals surface area contributed by atoms with Crippen LogP contribution in [0, 0.1) is 0 Å². The van der Waals surface area contributed by atoms with Crippen molar-refractivity contribution in [2.75, 3.05) is 13.6 Å². The number of amides is 1. The molecule has 5 nitrogen and oxygen atoms in total. The highest BCUT2D eigenvalue weighted by Gasteiger charge is 2.39. The molecule has 1 atom stereocenters. The topological polar surface area (TPSA) is 63.2 Å². The number of carbonyl (C=O) groups is 2. The molecule has 0 aliphatic carbocycles. The zero-order valence-corrected chi connectivity index (χ0v) is 12.4. The highest BCUT2D eigenvalue weighted by atomic mass is 16.2. The van der Waals surface area contributed by atoms with Gasteiger partial charge in [-0.05, 0) is 24.5 Å². The third kappa shape index (κ3) is 2.88. The number of rotatable bonds is 4. The normalized spacial score (nSPS) is 18.0. The van der Waals surface area contributed by atoms with Crippen LogP contribution >= 0.6 is 0 Å². The fourth-order valence-corrected chi connectivity index (χ4v) is 2.61. The molecule has 1 aromatic heterocycles. The second kappa shape index (κ2) is 6.05. The molecule has 1 aromatic carbocycles. The number of benzene rings is 1. The van der Waals surface area contributed by atoms with Crippen LogP contribution in [0.2, 0.25) is 0 Å². The van der Waals surface area contributed by atoms with Crippen molar-refractivity contribution in [3.05, 3.63) is 59.7 Å². The predicted octanol–water partition coefficient (Wildman–Crippen LogP) is 1.39. The first-order valence-electron chi connectivity index (χ1n) is 7.30. The van der Waals surface area contributed by atoms with Gasteiger partial charge in [0.15, 0.2) is 0 Å². The van der Waals surface area contributed by atoms with Crippen molar-refractivity contribution in [3.63, 3.8) is 0 Å². The van der Waals surface area contributed by atoms with Crippen LogP contribution < -0.4 is 0 Å². The van der Waals surface area contributed by atoms with E-state index in [1.54, 1.807) is 13.2 Å². The van der Waals surface area contributed by atoms with Gasteiger partial charge in [0.2, 0.25) is 5.78 Å². The number of likely N-dealkylation sites (N-methyl/N-ethyl adjacent to an activating group) is 1. The van der Waals surface area contributed by atoms with Gasteiger partial charge in [0.1, 0.15) is 11.7 Å². The summed E-state index contributed by atoms with van der Waals surface area (Å²) in [5.74, 6) is -0.951. The highest BCUT2D eigenvalue weighted by Crippen LogP contribution is 2.21. The van der Waals surface area contributed by atoms with E-state index in [0.29, 0.717) is 12.4 Å². The highest BCUT2D eigenvalue weighted by molar-refractivity contribution is 6.40. The summed E-state index contributed by atoms with van der Waals surface area (Å²) in [4.78, 5) is 33.6. The summed E-state index contributed by atoms with van der Waals surface area (Å²) in [6.45, 7) is 0.361. The SMILES string of the molecule is CN1CC(c2nccc(CCc3ccccc3)n2)C(=O)C1=O. The number of hydrogen-bond acceptors (Lipinski definition) is 4. The quantitative estimate of drug-likeness (QED) is 0.800. The van der Waals surface area contributed by atoms with Gasteiger partial charge in [0, 0.05) is 25.5 Å². The molecule has 112 valence electrons. The number of carbonyl (C=O) groups excluding carboxylic acids is 2. The van der Waals surface area contributed by atoms with E-state index in [1.165, 1.54) is 10.5 Å². The molecule has 1 aliphatic heterocycles. The van der Waals surface area contributed by atoms with Gasteiger partial charge < -0.3 is 4.90 Å². The van der Waals surface area contributed by atoms with Crippen molar-refractivity contribution in [3.8, 4) is 0 Å². The number of ketones is 1. The average molecular weight is 295 g/mol. The lowest BCUT2D eigenvalue weighted by Gasteiger charge is -2.09. The molecule has 22 heavy (non-hydrogen) atoms. The zero-order chi connectivity index (χ0) is 15.5. The molecule has 1 aliphatic rings. The van der Waals surface area contributed by atoms with E-state index in [4.69, 9.17) is 0 Å². The Bertz CT molecular complexity index is 700. The number of likely N-dealkylation sites (tertiary alicyclic amines) is 1. The van der Waals surface area contributed by atoms with Crippen LogP contribution in [0.1, 0.15) is 23.0 Å². The summed E-state index contributed by atoms with van der Waals surface area (Å²) in [5.41, 5.74) is 2.14. The van der Waals surface area contributed by atoms with Gasteiger partial charge in [-0.25, -0.2) is 9.97 Å². The number of aromatic nitrogens is 2. The monoisotopic (exact) mass is 295 g/mol. The van der Waals surface area contributed by atoms with E-state index in [9.17, 15) is 9.59 Å². The smallest absolute Gasteiger partial charge is 0.290 e. The van der Waals surface area contributed by atoms with E-state index in [0.717, 1.165) is 18.5 Å². The molecule has 3 rings (SSSR count). The first-order chi connectivity index (χ1) is 10.6. The molecule has 0 bridgehead atoms. The molecule has 2 heterocycles. The number of Topliss-reactive ketones (excluding diaryl/α,β-unsaturated/α-hetero) is 1. The maximum absolute atomic E-state index is 11.9. The summed E-state index contributed by atoms with van der Waals surface area (Å²) in [6, 6.07) is 12.0. The standard InChI is InChI=1S/C17H17N3O2/c1-20-11-14(15(21)17(20)22)16-18-10-9-13(19-16)8-7-12-5-3-2-4-6-12/h2-6,9-10,14H,7-8,11H2,1H3. The van der Waals surface area contributed by atoms with Crippen LogP contribution in [0.4, 0.5) is 0 Å². The molecule has 0 radical (unpaired) electrons. The van der Waals surface area contributed by atoms with Gasteiger partial charge in [-0.1, -0.05) is 30.3 Å². The Kier molecular flexibility index (Phi) is 3.96. The van der Waals surface area contributed by atoms with E-state index in [-0.39, 0.29) is 0 Å². The lowest BCUT2D eigenvalue weighted by molar-refractivity contribution is -0.139. The van der Waals surface area contributed by atoms with Crippen molar-refractivity contribution < 1.29 is 9.59 Å². The Balaban J connectivity index is 1.73. The van der Waals surface area contributed by atoms with Gasteiger partial charge in [-0.2, -0.15) is 0 Å². The van der Waals surface area contributed by atoms with Gasteiger partial charge in [-0.3, -0.25) is 9.59 Å². The van der Waals surface area contributed by atoms with Crippen LogP contribution in [0.15, 0.2) is 42.6 Å². The van der Waals surface area contributed by atoms with Gasteiger partial charge in [0.05, 0.1) is 0 Å². The molecule has 0 spiro atoms. The predicted molar refractivity (Wildman–Crippen MR) is 81.3 cm³/mol. The molecular formula is C17H17N3O2. The fraction of sp³-hybridized carbons (Fsp3) is 0.294. The first-order valence-corrected chi connectivity index (χ1v) is 7.30. The van der Waals surface area contributed by atoms with Gasteiger partial charge >= 0.3 is 0 Å². The van der Waals surface area contributed by atoms with Crippen molar-refractivity contribution in [2.45, 2.75) is 18.8 Å². The third-order valence-corrected chi connectivity index (χ3v) is 3.89. The summed E-state index contributed by atoms with van der Waals surface area (Å²) in [6.07, 6.45) is 3.33. The van der Waals surface area contributed by atoms with Crippen LogP contribution in [0.3, 0.4) is 0 Å². The first kappa shape index (κ1) is 14.4. The molecule has 1 amide bonds. The Hall–Kier alpha value is -2.56. The Labute approximate surface area is 129 Å². The summed E-state index contributed by atoms with van der Waals surface area (Å²) >= 11 is 0. The van der Waals surface area contributed by atoms with Crippen molar-refractivity contribution in [1.82, 2.24) is 14.9 Å². The van der Waals surface area contributed by atoms with Crippen LogP contribution in [-0.2, 0) is 22.4 Å². The maximum Gasteiger partial charge on any atom is 0.290 e. The molecule has 2 aromatic rings. The second-order valence-corrected chi connectivity index (χ2v) is 5.49. The summed E-state index contributed by atoms with van der Waals surface area (Å²) in [5, 5.41) is 0. The Morgan fingerprint density at radius 1 is 1.14 bits per heavy atom. The fourth-order valence-electron chi connectivity index (χ4n) is 2.61. The molecule has 5 heteroatoms. The third-order valence-electron chi connectivity index (χ3n) is 3.89. The average Bonchev–Trinajstić information content (AvgIpc) is 2.82. The van der Waals surface area contributed by atoms with Crippen molar-refractivity contribution in [1.29, 1.82) is 0 Å². The maximum atomic E-state index is 11.9. The minimum absolute atomic E-state index is 0.361. The van der Waals surface area contributed by atoms with E-state index < -0.39 is 17.6 Å². The van der Waals surface area contributed by atoms with Crippen LogP contribution in [0.25, 0.3) is 0 Å². The van der Waals surface area contributed by atoms with Gasteiger partial charge in [-0.15, -0.1) is 0 Å². The Morgan fingerprint density at radius 3 is 2.59 bits per heavy atom. The minimum atomic E-state index is -0.533. The van der Waals surface area contributed by atoms with Crippen molar-refractivity contribution >= 4 is 11.7 Å². The minimum Gasteiger partial charge on any atom is -0.338 e. The molecule has 1 saturated heterocycles. The number of nitrogens with zero attached hydrogens (tertiary/aromatic N) is 3. The molecule has 0 N–H and O–H groups in total.